The van der Waals surface area contributed by atoms with E-state index in [1.807, 2.05) is 42.5 Å². The predicted molar refractivity (Wildman–Crippen MR) is 149 cm³/mol. The van der Waals surface area contributed by atoms with Crippen molar-refractivity contribution in [3.63, 3.8) is 0 Å². The highest BCUT2D eigenvalue weighted by molar-refractivity contribution is 6.33. The number of anilines is 1. The van der Waals surface area contributed by atoms with Crippen LogP contribution in [0.3, 0.4) is 0 Å². The number of piperidine rings is 1. The van der Waals surface area contributed by atoms with E-state index in [-0.39, 0.29) is 11.8 Å². The Labute approximate surface area is 223 Å². The van der Waals surface area contributed by atoms with Crippen LogP contribution in [0.15, 0.2) is 54.6 Å². The smallest absolute Gasteiger partial charge is 0.255 e. The highest BCUT2D eigenvalue weighted by Gasteiger charge is 2.21. The van der Waals surface area contributed by atoms with E-state index in [0.29, 0.717) is 46.6 Å². The van der Waals surface area contributed by atoms with Gasteiger partial charge in [0.05, 0.1) is 23.4 Å². The Kier molecular flexibility index (Phi) is 9.25. The van der Waals surface area contributed by atoms with Crippen LogP contribution >= 0.6 is 11.6 Å². The molecule has 1 heterocycles. The Morgan fingerprint density at radius 2 is 1.76 bits per heavy atom. The van der Waals surface area contributed by atoms with Gasteiger partial charge in [0, 0.05) is 24.7 Å². The quantitative estimate of drug-likeness (QED) is 0.264. The third-order valence-electron chi connectivity index (χ3n) is 7.02. The lowest BCUT2D eigenvalue weighted by Crippen LogP contribution is -2.39. The lowest BCUT2D eigenvalue weighted by molar-refractivity contribution is 0.0932. The van der Waals surface area contributed by atoms with Crippen molar-refractivity contribution in [3.05, 3.63) is 70.7 Å². The van der Waals surface area contributed by atoms with Crippen molar-refractivity contribution in [2.24, 2.45) is 5.92 Å². The third-order valence-corrected chi connectivity index (χ3v) is 7.35. The summed E-state index contributed by atoms with van der Waals surface area (Å²) < 4.78 is 5.28. The summed E-state index contributed by atoms with van der Waals surface area (Å²) in [6.07, 6.45) is 4.07. The van der Waals surface area contributed by atoms with Crippen LogP contribution in [0.2, 0.25) is 5.02 Å². The standard InChI is InChI=1S/C29H35ClN4O3/c1-37-27-18-26(31)25(30)17-24(27)29(36)33-19-20-10-14-34(15-11-20)13-5-4-12-32-28(35)23-9-8-21-6-2-3-7-22(21)16-23/h2-3,6-9,16-18,20H,4-5,10-15,19,31H2,1H3,(H,32,35)(H,33,36). The number of hydrogen-bond acceptors (Lipinski definition) is 5. The number of halogens is 1. The Hall–Kier alpha value is -3.29. The normalized spacial score (nSPS) is 14.4. The fourth-order valence-corrected chi connectivity index (χ4v) is 4.92. The minimum Gasteiger partial charge on any atom is -0.496 e. The third kappa shape index (κ3) is 7.14. The number of amides is 2. The van der Waals surface area contributed by atoms with E-state index >= 15 is 0 Å². The summed E-state index contributed by atoms with van der Waals surface area (Å²) in [5.74, 6) is 0.638. The number of rotatable bonds is 10. The van der Waals surface area contributed by atoms with Crippen molar-refractivity contribution in [3.8, 4) is 5.75 Å². The van der Waals surface area contributed by atoms with Gasteiger partial charge in [-0.2, -0.15) is 0 Å². The molecule has 0 bridgehead atoms. The maximum atomic E-state index is 12.7. The Morgan fingerprint density at radius 3 is 2.51 bits per heavy atom. The van der Waals surface area contributed by atoms with Crippen LogP contribution in [-0.4, -0.2) is 56.5 Å². The average Bonchev–Trinajstić information content (AvgIpc) is 2.93. The molecular weight excluding hydrogens is 488 g/mol. The van der Waals surface area contributed by atoms with Gasteiger partial charge < -0.3 is 26.0 Å². The molecule has 0 saturated carbocycles. The SMILES string of the molecule is COc1cc(N)c(Cl)cc1C(=O)NCC1CCN(CCCCNC(=O)c2ccc3ccccc3c2)CC1. The first-order chi connectivity index (χ1) is 17.9. The highest BCUT2D eigenvalue weighted by atomic mass is 35.5. The number of unbranched alkanes of at least 4 members (excludes halogenated alkanes) is 1. The summed E-state index contributed by atoms with van der Waals surface area (Å²) in [5.41, 5.74) is 7.29. The van der Waals surface area contributed by atoms with Crippen molar-refractivity contribution >= 4 is 39.9 Å². The minimum atomic E-state index is -0.202. The molecule has 3 aromatic carbocycles. The minimum absolute atomic E-state index is 0.0209. The molecule has 4 N–H and O–H groups in total. The summed E-state index contributed by atoms with van der Waals surface area (Å²) in [7, 11) is 1.51. The Morgan fingerprint density at radius 1 is 1.00 bits per heavy atom. The molecule has 0 radical (unpaired) electrons. The van der Waals surface area contributed by atoms with Gasteiger partial charge in [-0.25, -0.2) is 0 Å². The average molecular weight is 523 g/mol. The predicted octanol–water partition coefficient (Wildman–Crippen LogP) is 4.74. The number of carbonyl (C=O) groups excluding carboxylic acids is 2. The molecule has 0 aromatic heterocycles. The summed E-state index contributed by atoms with van der Waals surface area (Å²) in [4.78, 5) is 27.6. The van der Waals surface area contributed by atoms with Crippen LogP contribution in [0.1, 0.15) is 46.4 Å². The number of ether oxygens (including phenoxy) is 1. The molecule has 7 nitrogen and oxygen atoms in total. The van der Waals surface area contributed by atoms with Crippen molar-refractivity contribution in [2.75, 3.05) is 45.6 Å². The zero-order valence-corrected chi connectivity index (χ0v) is 22.0. The molecular formula is C29H35ClN4O3. The number of nitrogens with two attached hydrogens (primary N) is 1. The molecule has 196 valence electrons. The number of methoxy groups -OCH3 is 1. The molecule has 1 aliphatic heterocycles. The molecule has 37 heavy (non-hydrogen) atoms. The first kappa shape index (κ1) is 26.8. The second kappa shape index (κ2) is 12.8. The number of fused-ring (bicyclic) bond motifs is 1. The van der Waals surface area contributed by atoms with Crippen molar-refractivity contribution in [1.82, 2.24) is 15.5 Å². The second-order valence-electron chi connectivity index (χ2n) is 9.59. The summed E-state index contributed by atoms with van der Waals surface area (Å²) in [6.45, 7) is 4.35. The second-order valence-corrected chi connectivity index (χ2v) is 10.0. The Bertz CT molecular complexity index is 1240. The first-order valence-electron chi connectivity index (χ1n) is 12.8. The van der Waals surface area contributed by atoms with E-state index in [1.165, 1.54) is 7.11 Å². The van der Waals surface area contributed by atoms with Gasteiger partial charge in [0.1, 0.15) is 5.75 Å². The van der Waals surface area contributed by atoms with E-state index in [9.17, 15) is 9.59 Å². The molecule has 3 aromatic rings. The topological polar surface area (TPSA) is 96.7 Å². The molecule has 2 amide bonds. The van der Waals surface area contributed by atoms with Crippen LogP contribution in [0.5, 0.6) is 5.75 Å². The molecule has 0 unspecified atom stereocenters. The van der Waals surface area contributed by atoms with Gasteiger partial charge in [-0.15, -0.1) is 0 Å². The fraction of sp³-hybridized carbons (Fsp3) is 0.379. The van der Waals surface area contributed by atoms with E-state index in [0.717, 1.165) is 56.1 Å². The number of likely N-dealkylation sites (tertiary alicyclic amines) is 1. The van der Waals surface area contributed by atoms with E-state index in [4.69, 9.17) is 22.1 Å². The first-order valence-corrected chi connectivity index (χ1v) is 13.2. The number of nitrogens with one attached hydrogen (secondary N) is 2. The number of hydrogen-bond donors (Lipinski definition) is 3. The fourth-order valence-electron chi connectivity index (χ4n) is 4.76. The van der Waals surface area contributed by atoms with E-state index in [2.05, 4.69) is 15.5 Å². The van der Waals surface area contributed by atoms with Crippen molar-refractivity contribution in [1.29, 1.82) is 0 Å². The number of nitrogen functional groups attached to an aromatic ring is 1. The molecule has 0 aliphatic carbocycles. The molecule has 1 aliphatic rings. The van der Waals surface area contributed by atoms with Gasteiger partial charge in [0.2, 0.25) is 0 Å². The Balaban J connectivity index is 1.11. The zero-order chi connectivity index (χ0) is 26.2. The van der Waals surface area contributed by atoms with Crippen LogP contribution in [0, 0.1) is 5.92 Å². The lowest BCUT2D eigenvalue weighted by Gasteiger charge is -2.32. The van der Waals surface area contributed by atoms with E-state index < -0.39 is 0 Å². The van der Waals surface area contributed by atoms with Crippen LogP contribution in [-0.2, 0) is 0 Å². The van der Waals surface area contributed by atoms with Gasteiger partial charge in [-0.1, -0.05) is 41.9 Å². The number of benzene rings is 3. The highest BCUT2D eigenvalue weighted by Crippen LogP contribution is 2.29. The van der Waals surface area contributed by atoms with Crippen LogP contribution in [0.25, 0.3) is 10.8 Å². The molecule has 1 fully saturated rings. The lowest BCUT2D eigenvalue weighted by atomic mass is 9.96. The molecule has 0 spiro atoms. The molecule has 1 saturated heterocycles. The molecule has 8 heteroatoms. The zero-order valence-electron chi connectivity index (χ0n) is 21.3. The van der Waals surface area contributed by atoms with Gasteiger partial charge in [0.25, 0.3) is 11.8 Å². The maximum Gasteiger partial charge on any atom is 0.255 e. The molecule has 4 rings (SSSR count). The number of carbonyl (C=O) groups is 2. The maximum absolute atomic E-state index is 12.7. The van der Waals surface area contributed by atoms with Gasteiger partial charge in [-0.3, -0.25) is 9.59 Å². The van der Waals surface area contributed by atoms with Crippen LogP contribution < -0.4 is 21.1 Å². The largest absolute Gasteiger partial charge is 0.496 e. The van der Waals surface area contributed by atoms with Gasteiger partial charge in [-0.05, 0) is 80.2 Å². The summed E-state index contributed by atoms with van der Waals surface area (Å²) in [5, 5.41) is 8.62. The van der Waals surface area contributed by atoms with Crippen molar-refractivity contribution < 1.29 is 14.3 Å². The summed E-state index contributed by atoms with van der Waals surface area (Å²) >= 11 is 6.09. The van der Waals surface area contributed by atoms with Gasteiger partial charge in [0.15, 0.2) is 0 Å². The van der Waals surface area contributed by atoms with Crippen LogP contribution in [0.4, 0.5) is 5.69 Å². The summed E-state index contributed by atoms with van der Waals surface area (Å²) in [6, 6.07) is 17.0. The van der Waals surface area contributed by atoms with Gasteiger partial charge >= 0.3 is 0 Å². The van der Waals surface area contributed by atoms with Crippen molar-refractivity contribution in [2.45, 2.75) is 25.7 Å². The molecule has 0 atom stereocenters. The van der Waals surface area contributed by atoms with E-state index in [1.54, 1.807) is 12.1 Å². The monoisotopic (exact) mass is 522 g/mol. The number of nitrogens with zero attached hydrogens (tertiary/aromatic N) is 1.